The van der Waals surface area contributed by atoms with Crippen LogP contribution in [0.5, 0.6) is 0 Å². The molecule has 2 unspecified atom stereocenters. The Morgan fingerprint density at radius 2 is 2.21 bits per heavy atom. The van der Waals surface area contributed by atoms with Crippen LogP contribution < -0.4 is 10.6 Å². The topological polar surface area (TPSA) is 70.7 Å². The maximum absolute atomic E-state index is 12.1. The van der Waals surface area contributed by atoms with Crippen LogP contribution >= 0.6 is 0 Å². The van der Waals surface area contributed by atoms with Crippen molar-refractivity contribution in [2.75, 3.05) is 40.4 Å². The van der Waals surface area contributed by atoms with E-state index < -0.39 is 0 Å². The molecule has 0 bridgehead atoms. The summed E-state index contributed by atoms with van der Waals surface area (Å²) in [5, 5.41) is 5.95. The minimum Gasteiger partial charge on any atom is -0.385 e. The molecule has 0 spiro atoms. The molecule has 1 fully saturated rings. The fourth-order valence-electron chi connectivity index (χ4n) is 2.20. The number of hydrogen-bond acceptors (Lipinski definition) is 4. The molecule has 0 aromatic carbocycles. The SMILES string of the molecule is COCCCNC(=O)CN(C)C(=O)C1NCCC1C. The molecule has 0 saturated carbocycles. The summed E-state index contributed by atoms with van der Waals surface area (Å²) in [6, 6.07) is -0.147. The van der Waals surface area contributed by atoms with E-state index in [4.69, 9.17) is 4.74 Å². The van der Waals surface area contributed by atoms with Gasteiger partial charge in [0.2, 0.25) is 11.8 Å². The number of ether oxygens (including phenoxy) is 1. The van der Waals surface area contributed by atoms with Crippen LogP contribution in [0, 0.1) is 5.92 Å². The summed E-state index contributed by atoms with van der Waals surface area (Å²) in [5.74, 6) is 0.203. The molecule has 2 N–H and O–H groups in total. The number of hydrogen-bond donors (Lipinski definition) is 2. The highest BCUT2D eigenvalue weighted by Gasteiger charge is 2.31. The molecular formula is C13H25N3O3. The molecule has 0 aliphatic carbocycles. The third kappa shape index (κ3) is 5.16. The van der Waals surface area contributed by atoms with Gasteiger partial charge in [0.15, 0.2) is 0 Å². The maximum Gasteiger partial charge on any atom is 0.240 e. The lowest BCUT2D eigenvalue weighted by Crippen LogP contribution is -2.47. The highest BCUT2D eigenvalue weighted by atomic mass is 16.5. The van der Waals surface area contributed by atoms with Crippen molar-refractivity contribution < 1.29 is 14.3 Å². The van der Waals surface area contributed by atoms with Crippen LogP contribution in [-0.2, 0) is 14.3 Å². The summed E-state index contributed by atoms with van der Waals surface area (Å²) in [7, 11) is 3.30. The van der Waals surface area contributed by atoms with E-state index in [9.17, 15) is 9.59 Å². The van der Waals surface area contributed by atoms with Gasteiger partial charge in [-0.25, -0.2) is 0 Å². The minimum atomic E-state index is -0.147. The number of nitrogens with zero attached hydrogens (tertiary/aromatic N) is 1. The lowest BCUT2D eigenvalue weighted by molar-refractivity contribution is -0.136. The van der Waals surface area contributed by atoms with E-state index in [1.807, 2.05) is 0 Å². The van der Waals surface area contributed by atoms with Crippen molar-refractivity contribution in [3.05, 3.63) is 0 Å². The summed E-state index contributed by atoms with van der Waals surface area (Å²) in [6.45, 7) is 4.23. The highest BCUT2D eigenvalue weighted by Crippen LogP contribution is 2.15. The largest absolute Gasteiger partial charge is 0.385 e. The smallest absolute Gasteiger partial charge is 0.240 e. The summed E-state index contributed by atoms with van der Waals surface area (Å²) < 4.78 is 4.90. The Hall–Kier alpha value is -1.14. The third-order valence-corrected chi connectivity index (χ3v) is 3.40. The number of amides is 2. The first-order valence-corrected chi connectivity index (χ1v) is 6.80. The van der Waals surface area contributed by atoms with Crippen molar-refractivity contribution >= 4 is 11.8 Å². The Bertz CT molecular complexity index is 310. The van der Waals surface area contributed by atoms with Crippen LogP contribution in [0.2, 0.25) is 0 Å². The second-order valence-corrected chi connectivity index (χ2v) is 5.09. The first-order chi connectivity index (χ1) is 9.06. The van der Waals surface area contributed by atoms with Crippen molar-refractivity contribution in [2.45, 2.75) is 25.8 Å². The van der Waals surface area contributed by atoms with Crippen LogP contribution in [0.4, 0.5) is 0 Å². The van der Waals surface area contributed by atoms with Gasteiger partial charge in [0, 0.05) is 27.3 Å². The van der Waals surface area contributed by atoms with Gasteiger partial charge in [-0.05, 0) is 25.3 Å². The van der Waals surface area contributed by atoms with Gasteiger partial charge in [0.05, 0.1) is 12.6 Å². The molecule has 19 heavy (non-hydrogen) atoms. The van der Waals surface area contributed by atoms with E-state index in [2.05, 4.69) is 17.6 Å². The summed E-state index contributed by atoms with van der Waals surface area (Å²) in [4.78, 5) is 25.3. The second-order valence-electron chi connectivity index (χ2n) is 5.09. The molecule has 1 saturated heterocycles. The Morgan fingerprint density at radius 1 is 1.47 bits per heavy atom. The van der Waals surface area contributed by atoms with Gasteiger partial charge in [-0.2, -0.15) is 0 Å². The van der Waals surface area contributed by atoms with Crippen LogP contribution in [0.1, 0.15) is 19.8 Å². The molecule has 1 aliphatic heterocycles. The van der Waals surface area contributed by atoms with Gasteiger partial charge in [-0.15, -0.1) is 0 Å². The standard InChI is InChI=1S/C13H25N3O3/c1-10-5-7-15-12(10)13(18)16(2)9-11(17)14-6-4-8-19-3/h10,12,15H,4-9H2,1-3H3,(H,14,17). The van der Waals surface area contributed by atoms with E-state index in [-0.39, 0.29) is 24.4 Å². The van der Waals surface area contributed by atoms with Gasteiger partial charge in [-0.3, -0.25) is 9.59 Å². The molecule has 0 radical (unpaired) electrons. The van der Waals surface area contributed by atoms with E-state index in [1.54, 1.807) is 14.2 Å². The van der Waals surface area contributed by atoms with Crippen LogP contribution in [0.15, 0.2) is 0 Å². The highest BCUT2D eigenvalue weighted by molar-refractivity contribution is 5.87. The fraction of sp³-hybridized carbons (Fsp3) is 0.846. The third-order valence-electron chi connectivity index (χ3n) is 3.40. The Morgan fingerprint density at radius 3 is 2.79 bits per heavy atom. The second kappa shape index (κ2) is 8.12. The first kappa shape index (κ1) is 15.9. The van der Waals surface area contributed by atoms with E-state index in [0.29, 0.717) is 19.1 Å². The predicted octanol–water partition coefficient (Wildman–Crippen LogP) is -0.404. The quantitative estimate of drug-likeness (QED) is 0.618. The van der Waals surface area contributed by atoms with Crippen molar-refractivity contribution in [1.29, 1.82) is 0 Å². The number of carbonyl (C=O) groups excluding carboxylic acids is 2. The minimum absolute atomic E-state index is 0.00274. The average molecular weight is 271 g/mol. The van der Waals surface area contributed by atoms with Crippen molar-refractivity contribution in [1.82, 2.24) is 15.5 Å². The van der Waals surface area contributed by atoms with Crippen LogP contribution in [0.25, 0.3) is 0 Å². The molecule has 110 valence electrons. The Kier molecular flexibility index (Phi) is 6.80. The van der Waals surface area contributed by atoms with Crippen molar-refractivity contribution in [3.63, 3.8) is 0 Å². The zero-order valence-corrected chi connectivity index (χ0v) is 12.1. The molecular weight excluding hydrogens is 246 g/mol. The molecule has 2 atom stereocenters. The van der Waals surface area contributed by atoms with Gasteiger partial charge < -0.3 is 20.3 Å². The Labute approximate surface area is 114 Å². The summed E-state index contributed by atoms with van der Waals surface area (Å²) in [5.41, 5.74) is 0. The van der Waals surface area contributed by atoms with Gasteiger partial charge >= 0.3 is 0 Å². The van der Waals surface area contributed by atoms with Gasteiger partial charge in [-0.1, -0.05) is 6.92 Å². The number of rotatable bonds is 7. The van der Waals surface area contributed by atoms with Crippen molar-refractivity contribution in [2.24, 2.45) is 5.92 Å². The molecule has 1 heterocycles. The molecule has 6 nitrogen and oxygen atoms in total. The van der Waals surface area contributed by atoms with E-state index in [0.717, 1.165) is 19.4 Å². The molecule has 1 rings (SSSR count). The lowest BCUT2D eigenvalue weighted by Gasteiger charge is -2.23. The average Bonchev–Trinajstić information content (AvgIpc) is 2.80. The zero-order valence-electron chi connectivity index (χ0n) is 12.1. The lowest BCUT2D eigenvalue weighted by atomic mass is 10.0. The van der Waals surface area contributed by atoms with E-state index >= 15 is 0 Å². The van der Waals surface area contributed by atoms with Crippen LogP contribution in [0.3, 0.4) is 0 Å². The monoisotopic (exact) mass is 271 g/mol. The molecule has 6 heteroatoms. The van der Waals surface area contributed by atoms with Crippen LogP contribution in [-0.4, -0.2) is 63.2 Å². The molecule has 0 aromatic rings. The zero-order chi connectivity index (χ0) is 14.3. The number of methoxy groups -OCH3 is 1. The summed E-state index contributed by atoms with van der Waals surface area (Å²) >= 11 is 0. The van der Waals surface area contributed by atoms with Gasteiger partial charge in [0.25, 0.3) is 0 Å². The predicted molar refractivity (Wildman–Crippen MR) is 72.7 cm³/mol. The number of carbonyl (C=O) groups is 2. The molecule has 0 aromatic heterocycles. The van der Waals surface area contributed by atoms with Gasteiger partial charge in [0.1, 0.15) is 0 Å². The first-order valence-electron chi connectivity index (χ1n) is 6.80. The Balaban J connectivity index is 2.27. The van der Waals surface area contributed by atoms with E-state index in [1.165, 1.54) is 4.90 Å². The number of nitrogens with one attached hydrogen (secondary N) is 2. The normalized spacial score (nSPS) is 22.3. The molecule has 1 aliphatic rings. The summed E-state index contributed by atoms with van der Waals surface area (Å²) in [6.07, 6.45) is 1.79. The maximum atomic E-state index is 12.1. The molecule has 2 amide bonds. The number of likely N-dealkylation sites (N-methyl/N-ethyl adjacent to an activating group) is 1. The fourth-order valence-corrected chi connectivity index (χ4v) is 2.20. The van der Waals surface area contributed by atoms with Crippen molar-refractivity contribution in [3.8, 4) is 0 Å².